The van der Waals surface area contributed by atoms with E-state index in [-0.39, 0.29) is 6.29 Å². The standard InChI is InChI=1S/C11H13O4.Pb/c1-12-9-5-8(6-10(7-9)13-2)11-14-3-4-15-11;/h5-6,11H,3-4H2,1-2H3;. The molecule has 0 atom stereocenters. The van der Waals surface area contributed by atoms with E-state index < -0.39 is 0 Å². The predicted octanol–water partition coefficient (Wildman–Crippen LogP) is 0.543. The van der Waals surface area contributed by atoms with E-state index in [1.807, 2.05) is 12.1 Å². The van der Waals surface area contributed by atoms with Crippen molar-refractivity contribution in [3.05, 3.63) is 17.7 Å². The Balaban J connectivity index is 2.37. The molecule has 0 unspecified atom stereocenters. The summed E-state index contributed by atoms with van der Waals surface area (Å²) in [5.41, 5.74) is 0.950. The molecule has 85 valence electrons. The molecule has 0 saturated carbocycles. The van der Waals surface area contributed by atoms with E-state index in [2.05, 4.69) is 0 Å². The van der Waals surface area contributed by atoms with Gasteiger partial charge in [0.15, 0.2) is 0 Å². The second-order valence-corrected chi connectivity index (χ2v) is 5.32. The van der Waals surface area contributed by atoms with Crippen LogP contribution in [-0.2, 0) is 9.47 Å². The molecule has 1 fully saturated rings. The third-order valence-corrected chi connectivity index (χ3v) is 4.34. The van der Waals surface area contributed by atoms with Crippen molar-refractivity contribution in [3.8, 4) is 11.5 Å². The Hall–Kier alpha value is -0.338. The number of hydrogen-bond donors (Lipinski definition) is 0. The van der Waals surface area contributed by atoms with Crippen molar-refractivity contribution >= 4 is 28.9 Å². The number of methoxy groups -OCH3 is 2. The molecule has 1 aromatic carbocycles. The van der Waals surface area contributed by atoms with Crippen molar-refractivity contribution in [1.82, 2.24) is 0 Å². The second kappa shape index (κ2) is 5.33. The zero-order chi connectivity index (χ0) is 11.5. The Morgan fingerprint density at radius 2 is 1.62 bits per heavy atom. The molecule has 0 N–H and O–H groups in total. The van der Waals surface area contributed by atoms with Crippen LogP contribution in [0.4, 0.5) is 0 Å². The molecule has 1 aliphatic heterocycles. The van der Waals surface area contributed by atoms with E-state index in [1.165, 1.54) is 0 Å². The van der Waals surface area contributed by atoms with Crippen LogP contribution < -0.4 is 12.6 Å². The van der Waals surface area contributed by atoms with Crippen molar-refractivity contribution in [2.24, 2.45) is 0 Å². The number of hydrogen-bond acceptors (Lipinski definition) is 4. The van der Waals surface area contributed by atoms with Gasteiger partial charge in [0.2, 0.25) is 0 Å². The average Bonchev–Trinajstić information content (AvgIpc) is 2.83. The van der Waals surface area contributed by atoms with E-state index in [0.29, 0.717) is 13.2 Å². The van der Waals surface area contributed by atoms with E-state index in [4.69, 9.17) is 18.9 Å². The Bertz CT molecular complexity index is 349. The molecule has 0 spiro atoms. The van der Waals surface area contributed by atoms with Crippen molar-refractivity contribution in [3.63, 3.8) is 0 Å². The molecule has 16 heavy (non-hydrogen) atoms. The second-order valence-electron chi connectivity index (χ2n) is 3.37. The fourth-order valence-electron chi connectivity index (χ4n) is 1.62. The molecule has 4 nitrogen and oxygen atoms in total. The van der Waals surface area contributed by atoms with Gasteiger partial charge in [0, 0.05) is 0 Å². The number of benzene rings is 1. The Morgan fingerprint density at radius 3 is 2.06 bits per heavy atom. The van der Waals surface area contributed by atoms with Gasteiger partial charge in [-0.25, -0.2) is 0 Å². The van der Waals surface area contributed by atoms with Gasteiger partial charge >= 0.3 is 111 Å². The Morgan fingerprint density at radius 1 is 1.12 bits per heavy atom. The summed E-state index contributed by atoms with van der Waals surface area (Å²) >= 11 is 0.877. The summed E-state index contributed by atoms with van der Waals surface area (Å²) in [7, 11) is 3.33. The Labute approximate surface area is 111 Å². The van der Waals surface area contributed by atoms with Crippen LogP contribution in [0.5, 0.6) is 11.5 Å². The van der Waals surface area contributed by atoms with Gasteiger partial charge in [-0.3, -0.25) is 0 Å². The molecule has 1 aliphatic rings. The minimum absolute atomic E-state index is 0.287. The zero-order valence-electron chi connectivity index (χ0n) is 9.28. The van der Waals surface area contributed by atoms with Crippen LogP contribution in [0.1, 0.15) is 11.9 Å². The monoisotopic (exact) mass is 417 g/mol. The summed E-state index contributed by atoms with van der Waals surface area (Å²) in [6.45, 7) is 1.27. The van der Waals surface area contributed by atoms with E-state index in [0.717, 1.165) is 46.0 Å². The van der Waals surface area contributed by atoms with Crippen LogP contribution in [0.25, 0.3) is 0 Å². The molecule has 0 aromatic heterocycles. The maximum absolute atomic E-state index is 5.46. The summed E-state index contributed by atoms with van der Waals surface area (Å²) < 4.78 is 22.7. The third-order valence-electron chi connectivity index (χ3n) is 2.42. The fourth-order valence-corrected chi connectivity index (χ4v) is 2.97. The van der Waals surface area contributed by atoms with Crippen LogP contribution in [0.3, 0.4) is 0 Å². The molecule has 1 aromatic rings. The summed E-state index contributed by atoms with van der Waals surface area (Å²) in [6.07, 6.45) is -0.287. The molecule has 5 heteroatoms. The van der Waals surface area contributed by atoms with Gasteiger partial charge in [-0.2, -0.15) is 0 Å². The quantitative estimate of drug-likeness (QED) is 0.675. The first-order chi connectivity index (χ1) is 7.76. The summed E-state index contributed by atoms with van der Waals surface area (Å²) in [4.78, 5) is 0. The number of rotatable bonds is 3. The molecule has 2 rings (SSSR count). The fraction of sp³-hybridized carbons (Fsp3) is 0.455. The van der Waals surface area contributed by atoms with Crippen molar-refractivity contribution in [2.45, 2.75) is 6.29 Å². The first-order valence-electron chi connectivity index (χ1n) is 4.97. The van der Waals surface area contributed by atoms with Crippen molar-refractivity contribution in [1.29, 1.82) is 0 Å². The third kappa shape index (κ3) is 2.33. The van der Waals surface area contributed by atoms with Crippen molar-refractivity contribution in [2.75, 3.05) is 27.4 Å². The molecule has 1 heterocycles. The average molecular weight is 416 g/mol. The van der Waals surface area contributed by atoms with Crippen LogP contribution in [0.2, 0.25) is 0 Å². The Kier molecular flexibility index (Phi) is 4.04. The van der Waals surface area contributed by atoms with Gasteiger partial charge in [0.05, 0.1) is 0 Å². The SMILES string of the molecule is COc1cc(C2OCCO2)cc(OC)[c]1[Pb]. The molecule has 3 radical (unpaired) electrons. The van der Waals surface area contributed by atoms with Crippen LogP contribution in [0, 0.1) is 0 Å². The summed E-state index contributed by atoms with van der Waals surface area (Å²) in [5.74, 6) is 1.69. The predicted molar refractivity (Wildman–Crippen MR) is 59.6 cm³/mol. The van der Waals surface area contributed by atoms with Gasteiger partial charge in [-0.15, -0.1) is 0 Å². The summed E-state index contributed by atoms with van der Waals surface area (Å²) in [5, 5.41) is 0. The molecule has 0 aliphatic carbocycles. The first kappa shape index (κ1) is 12.1. The minimum atomic E-state index is -0.287. The maximum atomic E-state index is 5.46. The van der Waals surface area contributed by atoms with Crippen molar-refractivity contribution < 1.29 is 18.9 Å². The van der Waals surface area contributed by atoms with Gasteiger partial charge < -0.3 is 0 Å². The van der Waals surface area contributed by atoms with Gasteiger partial charge in [0.1, 0.15) is 0 Å². The van der Waals surface area contributed by atoms with E-state index >= 15 is 0 Å². The van der Waals surface area contributed by atoms with Gasteiger partial charge in [-0.1, -0.05) is 0 Å². The van der Waals surface area contributed by atoms with Gasteiger partial charge in [-0.05, 0) is 0 Å². The summed E-state index contributed by atoms with van der Waals surface area (Å²) in [6, 6.07) is 3.92. The molecule has 1 saturated heterocycles. The normalized spacial score (nSPS) is 16.4. The molecule has 0 bridgehead atoms. The van der Waals surface area contributed by atoms with Gasteiger partial charge in [0.25, 0.3) is 0 Å². The van der Waals surface area contributed by atoms with Crippen LogP contribution in [0.15, 0.2) is 12.1 Å². The molecular weight excluding hydrogens is 403 g/mol. The van der Waals surface area contributed by atoms with Crippen LogP contribution >= 0.6 is 0 Å². The topological polar surface area (TPSA) is 36.9 Å². The number of ether oxygens (including phenoxy) is 4. The first-order valence-corrected chi connectivity index (χ1v) is 6.91. The van der Waals surface area contributed by atoms with Crippen LogP contribution in [-0.4, -0.2) is 53.2 Å². The zero-order valence-corrected chi connectivity index (χ0v) is 13.2. The molecular formula is C11H13O4Pb. The van der Waals surface area contributed by atoms with E-state index in [1.54, 1.807) is 14.2 Å². The molecule has 0 amide bonds. The van der Waals surface area contributed by atoms with E-state index in [9.17, 15) is 0 Å².